The van der Waals surface area contributed by atoms with Crippen LogP contribution in [0.25, 0.3) is 0 Å². The Balaban J connectivity index is 3.01. The molecule has 1 aromatic rings. The summed E-state index contributed by atoms with van der Waals surface area (Å²) in [7, 11) is 1.41. The van der Waals surface area contributed by atoms with E-state index in [1.54, 1.807) is 13.8 Å². The number of carbonyl (C=O) groups excluding carboxylic acids is 1. The molecule has 1 atom stereocenters. The zero-order valence-corrected chi connectivity index (χ0v) is 11.6. The Morgan fingerprint density at radius 3 is 2.55 bits per heavy atom. The monoisotopic (exact) mass is 283 g/mol. The molecule has 0 aliphatic heterocycles. The lowest BCUT2D eigenvalue weighted by molar-refractivity contribution is -0.147. The second-order valence-corrected chi connectivity index (χ2v) is 4.75. The fourth-order valence-electron chi connectivity index (χ4n) is 1.88. The van der Waals surface area contributed by atoms with Crippen molar-refractivity contribution in [2.75, 3.05) is 12.4 Å². The molecule has 6 heteroatoms. The second-order valence-electron chi connectivity index (χ2n) is 4.75. The van der Waals surface area contributed by atoms with Crippen LogP contribution in [0.2, 0.25) is 0 Å². The van der Waals surface area contributed by atoms with Crippen LogP contribution in [-0.4, -0.2) is 24.1 Å². The third-order valence-electron chi connectivity index (χ3n) is 2.88. The highest BCUT2D eigenvalue weighted by Gasteiger charge is 2.30. The van der Waals surface area contributed by atoms with Gasteiger partial charge in [-0.1, -0.05) is 19.9 Å². The van der Waals surface area contributed by atoms with Gasteiger partial charge in [-0.05, 0) is 18.1 Å². The van der Waals surface area contributed by atoms with Gasteiger partial charge in [-0.3, -0.25) is 9.59 Å². The Hall–Kier alpha value is -1.95. The largest absolute Gasteiger partial charge is 0.481 e. The minimum atomic E-state index is -1.21. The topological polar surface area (TPSA) is 75.6 Å². The smallest absolute Gasteiger partial charge is 0.316 e. The van der Waals surface area contributed by atoms with Crippen LogP contribution in [0.15, 0.2) is 18.2 Å². The zero-order chi connectivity index (χ0) is 15.3. The number of hydrogen-bond donors (Lipinski definition) is 2. The van der Waals surface area contributed by atoms with Gasteiger partial charge < -0.3 is 15.2 Å². The maximum Gasteiger partial charge on any atom is 0.316 e. The number of benzene rings is 1. The van der Waals surface area contributed by atoms with E-state index in [1.807, 2.05) is 0 Å². The Kier molecular flexibility index (Phi) is 5.64. The first-order valence-electron chi connectivity index (χ1n) is 6.18. The van der Waals surface area contributed by atoms with Crippen molar-refractivity contribution in [3.63, 3.8) is 0 Å². The predicted octanol–water partition coefficient (Wildman–Crippen LogP) is 2.27. The van der Waals surface area contributed by atoms with Gasteiger partial charge in [0.2, 0.25) is 5.91 Å². The molecule has 0 aliphatic carbocycles. The number of hydrogen-bond acceptors (Lipinski definition) is 3. The zero-order valence-electron chi connectivity index (χ0n) is 11.6. The number of carboxylic acid groups (broad SMARTS) is 1. The van der Waals surface area contributed by atoms with Crippen molar-refractivity contribution in [1.29, 1.82) is 0 Å². The van der Waals surface area contributed by atoms with Gasteiger partial charge in [-0.15, -0.1) is 0 Å². The van der Waals surface area contributed by atoms with Crippen molar-refractivity contribution in [2.45, 2.75) is 20.5 Å². The first-order chi connectivity index (χ1) is 9.38. The first-order valence-corrected chi connectivity index (χ1v) is 6.18. The molecule has 0 aliphatic rings. The molecule has 2 N–H and O–H groups in total. The first kappa shape index (κ1) is 16.1. The highest BCUT2D eigenvalue weighted by atomic mass is 19.1. The van der Waals surface area contributed by atoms with Crippen LogP contribution in [0.1, 0.15) is 19.4 Å². The van der Waals surface area contributed by atoms with Crippen LogP contribution in [0, 0.1) is 17.7 Å². The third-order valence-corrected chi connectivity index (χ3v) is 2.88. The quantitative estimate of drug-likeness (QED) is 0.785. The number of carboxylic acids is 1. The molecule has 0 fully saturated rings. The van der Waals surface area contributed by atoms with Crippen LogP contribution in [0.5, 0.6) is 0 Å². The minimum absolute atomic E-state index is 0.0122. The molecule has 0 radical (unpaired) electrons. The van der Waals surface area contributed by atoms with Gasteiger partial charge in [-0.2, -0.15) is 0 Å². The average molecular weight is 283 g/mol. The maximum absolute atomic E-state index is 13.7. The van der Waals surface area contributed by atoms with Crippen molar-refractivity contribution >= 4 is 17.6 Å². The molecule has 110 valence electrons. The van der Waals surface area contributed by atoms with Gasteiger partial charge in [-0.25, -0.2) is 4.39 Å². The summed E-state index contributed by atoms with van der Waals surface area (Å²) < 4.78 is 18.5. The summed E-state index contributed by atoms with van der Waals surface area (Å²) in [5.74, 6) is -3.95. The lowest BCUT2D eigenvalue weighted by Gasteiger charge is -2.17. The van der Waals surface area contributed by atoms with Crippen LogP contribution >= 0.6 is 0 Å². The molecule has 1 amide bonds. The summed E-state index contributed by atoms with van der Waals surface area (Å²) in [4.78, 5) is 23.1. The van der Waals surface area contributed by atoms with E-state index < -0.39 is 23.6 Å². The molecular weight excluding hydrogens is 265 g/mol. The van der Waals surface area contributed by atoms with E-state index in [2.05, 4.69) is 5.32 Å². The second kappa shape index (κ2) is 7.00. The molecule has 20 heavy (non-hydrogen) atoms. The van der Waals surface area contributed by atoms with Gasteiger partial charge in [0.1, 0.15) is 11.7 Å². The minimum Gasteiger partial charge on any atom is -0.481 e. The summed E-state index contributed by atoms with van der Waals surface area (Å²) >= 11 is 0. The molecule has 0 aromatic heterocycles. The van der Waals surface area contributed by atoms with Gasteiger partial charge >= 0.3 is 5.97 Å². The van der Waals surface area contributed by atoms with E-state index in [-0.39, 0.29) is 23.8 Å². The van der Waals surface area contributed by atoms with E-state index in [1.165, 1.54) is 25.3 Å². The van der Waals surface area contributed by atoms with Gasteiger partial charge in [0.25, 0.3) is 0 Å². The Labute approximate surface area is 116 Å². The lowest BCUT2D eigenvalue weighted by atomic mass is 9.95. The lowest BCUT2D eigenvalue weighted by Crippen LogP contribution is -2.33. The number of amides is 1. The molecule has 0 heterocycles. The van der Waals surface area contributed by atoms with Gasteiger partial charge in [0.05, 0.1) is 6.61 Å². The fourth-order valence-corrected chi connectivity index (χ4v) is 1.88. The molecule has 1 aromatic carbocycles. The van der Waals surface area contributed by atoms with Crippen molar-refractivity contribution < 1.29 is 23.8 Å². The van der Waals surface area contributed by atoms with E-state index in [0.29, 0.717) is 0 Å². The summed E-state index contributed by atoms with van der Waals surface area (Å²) in [6.07, 6.45) is 0. The molecule has 1 rings (SSSR count). The Morgan fingerprint density at radius 2 is 2.05 bits per heavy atom. The van der Waals surface area contributed by atoms with Crippen molar-refractivity contribution in [2.24, 2.45) is 11.8 Å². The fraction of sp³-hybridized carbons (Fsp3) is 0.429. The number of carbonyl (C=O) groups is 2. The predicted molar refractivity (Wildman–Crippen MR) is 71.7 cm³/mol. The maximum atomic E-state index is 13.7. The molecule has 0 spiro atoms. The molecule has 5 nitrogen and oxygen atoms in total. The number of methoxy groups -OCH3 is 1. The summed E-state index contributed by atoms with van der Waals surface area (Å²) in [5.41, 5.74) is 0.417. The number of halogens is 1. The molecule has 0 bridgehead atoms. The molecular formula is C14H18FNO4. The molecule has 0 saturated carbocycles. The molecule has 1 unspecified atom stereocenters. The Bertz CT molecular complexity index is 502. The Morgan fingerprint density at radius 1 is 1.40 bits per heavy atom. The highest BCUT2D eigenvalue weighted by molar-refractivity contribution is 6.04. The van der Waals surface area contributed by atoms with Crippen molar-refractivity contribution in [1.82, 2.24) is 0 Å². The number of aliphatic carboxylic acids is 1. The molecule has 0 saturated heterocycles. The van der Waals surface area contributed by atoms with E-state index in [4.69, 9.17) is 9.84 Å². The van der Waals surface area contributed by atoms with E-state index >= 15 is 0 Å². The standard InChI is InChI=1S/C14H18FNO4/c1-8(2)12(14(18)19)13(17)16-11-6-4-5-10(15)9(11)7-20-3/h4-6,8,12H,7H2,1-3H3,(H,16,17)(H,18,19). The number of anilines is 1. The van der Waals surface area contributed by atoms with E-state index in [0.717, 1.165) is 0 Å². The van der Waals surface area contributed by atoms with Crippen LogP contribution in [0.3, 0.4) is 0 Å². The summed E-state index contributed by atoms with van der Waals surface area (Å²) in [6.45, 7) is 3.27. The summed E-state index contributed by atoms with van der Waals surface area (Å²) in [6, 6.07) is 4.20. The van der Waals surface area contributed by atoms with Crippen LogP contribution in [0.4, 0.5) is 10.1 Å². The summed E-state index contributed by atoms with van der Waals surface area (Å²) in [5, 5.41) is 11.5. The van der Waals surface area contributed by atoms with Crippen LogP contribution in [-0.2, 0) is 20.9 Å². The van der Waals surface area contributed by atoms with Crippen molar-refractivity contribution in [3.05, 3.63) is 29.6 Å². The van der Waals surface area contributed by atoms with Gasteiger partial charge in [0, 0.05) is 18.4 Å². The SMILES string of the molecule is COCc1c(F)cccc1NC(=O)C(C(=O)O)C(C)C. The number of rotatable bonds is 6. The third kappa shape index (κ3) is 3.77. The number of nitrogens with one attached hydrogen (secondary N) is 1. The normalized spacial score (nSPS) is 12.2. The van der Waals surface area contributed by atoms with E-state index in [9.17, 15) is 14.0 Å². The number of ether oxygens (including phenoxy) is 1. The highest BCUT2D eigenvalue weighted by Crippen LogP contribution is 2.22. The van der Waals surface area contributed by atoms with Crippen molar-refractivity contribution in [3.8, 4) is 0 Å². The van der Waals surface area contributed by atoms with Crippen LogP contribution < -0.4 is 5.32 Å². The van der Waals surface area contributed by atoms with Gasteiger partial charge in [0.15, 0.2) is 0 Å². The average Bonchev–Trinajstić information content (AvgIpc) is 2.32.